The first-order valence-corrected chi connectivity index (χ1v) is 9.21. The van der Waals surface area contributed by atoms with Gasteiger partial charge in [0.15, 0.2) is 0 Å². The molecule has 0 radical (unpaired) electrons. The third-order valence-electron chi connectivity index (χ3n) is 4.84. The van der Waals surface area contributed by atoms with E-state index in [0.29, 0.717) is 31.8 Å². The molecule has 0 bridgehead atoms. The molecule has 2 atom stereocenters. The van der Waals surface area contributed by atoms with E-state index in [-0.39, 0.29) is 30.4 Å². The number of hydrogen-bond donors (Lipinski definition) is 2. The van der Waals surface area contributed by atoms with E-state index in [1.807, 2.05) is 20.0 Å². The van der Waals surface area contributed by atoms with Gasteiger partial charge in [0.05, 0.1) is 18.3 Å². The minimum absolute atomic E-state index is 0.0935. The lowest BCUT2D eigenvalue weighted by atomic mass is 10.1. The summed E-state index contributed by atoms with van der Waals surface area (Å²) in [4.78, 5) is 23.3. The summed E-state index contributed by atoms with van der Waals surface area (Å²) in [6.07, 6.45) is 3.15. The van der Waals surface area contributed by atoms with Crippen LogP contribution in [0.3, 0.4) is 0 Å². The predicted molar refractivity (Wildman–Crippen MR) is 99.4 cm³/mol. The van der Waals surface area contributed by atoms with Crippen molar-refractivity contribution >= 4 is 6.03 Å². The number of fused-ring (bicyclic) bond motifs is 1. The lowest BCUT2D eigenvalue weighted by Gasteiger charge is -2.29. The molecule has 2 N–H and O–H groups in total. The van der Waals surface area contributed by atoms with Gasteiger partial charge >= 0.3 is 6.03 Å². The van der Waals surface area contributed by atoms with E-state index in [0.717, 1.165) is 16.8 Å². The topological polar surface area (TPSA) is 78.4 Å². The first-order chi connectivity index (χ1) is 13.0. The Morgan fingerprint density at radius 2 is 2.07 bits per heavy atom. The molecule has 2 amide bonds. The second-order valence-electron chi connectivity index (χ2n) is 7.14. The van der Waals surface area contributed by atoms with Crippen molar-refractivity contribution in [1.29, 1.82) is 0 Å². The number of carbonyl (C=O) groups excluding carboxylic acids is 1. The number of hydrogen-bond acceptors (Lipinski definition) is 4. The van der Waals surface area contributed by atoms with Crippen molar-refractivity contribution < 1.29 is 14.3 Å². The first kappa shape index (κ1) is 19.2. The van der Waals surface area contributed by atoms with Crippen molar-refractivity contribution in [2.75, 3.05) is 13.2 Å². The standard InChI is InChI=1S/C20H25FN4O2/c1-13(12-26)9-19-22-10-16-7-8-25(11-18(16)24-19)20(27)23-14(2)15-3-5-17(21)6-4-15/h3-6,10,13-14,26H,7-9,11-12H2,1-2H3,(H,23,27)/t13-,14+/m1/s1. The van der Waals surface area contributed by atoms with Crippen LogP contribution in [-0.4, -0.2) is 39.2 Å². The van der Waals surface area contributed by atoms with Crippen LogP contribution in [0.5, 0.6) is 0 Å². The highest BCUT2D eigenvalue weighted by molar-refractivity contribution is 5.75. The SMILES string of the molecule is C[C@@H](CO)Cc1ncc2c(n1)CN(C(=O)N[C@@H](C)c1ccc(F)cc1)CC2. The van der Waals surface area contributed by atoms with Crippen LogP contribution in [0, 0.1) is 11.7 Å². The molecule has 1 aliphatic heterocycles. The molecule has 1 aliphatic rings. The monoisotopic (exact) mass is 372 g/mol. The third kappa shape index (κ3) is 4.80. The van der Waals surface area contributed by atoms with Crippen LogP contribution in [0.2, 0.25) is 0 Å². The van der Waals surface area contributed by atoms with Gasteiger partial charge in [-0.15, -0.1) is 0 Å². The fourth-order valence-corrected chi connectivity index (χ4v) is 3.10. The van der Waals surface area contributed by atoms with Crippen LogP contribution in [0.4, 0.5) is 9.18 Å². The molecule has 27 heavy (non-hydrogen) atoms. The van der Waals surface area contributed by atoms with Crippen molar-refractivity contribution in [3.05, 3.63) is 58.9 Å². The Labute approximate surface area is 158 Å². The number of urea groups is 1. The van der Waals surface area contributed by atoms with Crippen molar-refractivity contribution in [2.45, 2.75) is 39.3 Å². The first-order valence-electron chi connectivity index (χ1n) is 9.21. The average Bonchev–Trinajstić information content (AvgIpc) is 2.67. The molecule has 2 heterocycles. The fourth-order valence-electron chi connectivity index (χ4n) is 3.10. The van der Waals surface area contributed by atoms with Crippen LogP contribution >= 0.6 is 0 Å². The van der Waals surface area contributed by atoms with Crippen molar-refractivity contribution in [2.24, 2.45) is 5.92 Å². The smallest absolute Gasteiger partial charge is 0.318 e. The van der Waals surface area contributed by atoms with Gasteiger partial charge in [-0.25, -0.2) is 19.2 Å². The Morgan fingerprint density at radius 1 is 1.33 bits per heavy atom. The van der Waals surface area contributed by atoms with Gasteiger partial charge in [-0.1, -0.05) is 19.1 Å². The van der Waals surface area contributed by atoms with Gasteiger partial charge in [-0.05, 0) is 42.5 Å². The Morgan fingerprint density at radius 3 is 2.78 bits per heavy atom. The van der Waals surface area contributed by atoms with Gasteiger partial charge in [0.25, 0.3) is 0 Å². The third-order valence-corrected chi connectivity index (χ3v) is 4.84. The molecule has 3 rings (SSSR count). The van der Waals surface area contributed by atoms with Crippen LogP contribution in [-0.2, 0) is 19.4 Å². The summed E-state index contributed by atoms with van der Waals surface area (Å²) in [5.41, 5.74) is 2.77. The fraction of sp³-hybridized carbons (Fsp3) is 0.450. The average molecular weight is 372 g/mol. The van der Waals surface area contributed by atoms with E-state index in [4.69, 9.17) is 0 Å². The molecule has 0 spiro atoms. The summed E-state index contributed by atoms with van der Waals surface area (Å²) in [5.74, 6) is 0.496. The number of nitrogens with zero attached hydrogens (tertiary/aromatic N) is 3. The van der Waals surface area contributed by atoms with Crippen LogP contribution < -0.4 is 5.32 Å². The van der Waals surface area contributed by atoms with Crippen molar-refractivity contribution in [3.8, 4) is 0 Å². The maximum Gasteiger partial charge on any atom is 0.318 e. The summed E-state index contributed by atoms with van der Waals surface area (Å²) in [5, 5.41) is 12.2. The molecular formula is C20H25FN4O2. The number of aliphatic hydroxyl groups excluding tert-OH is 1. The minimum atomic E-state index is -0.295. The van der Waals surface area contributed by atoms with Gasteiger partial charge in [0.2, 0.25) is 0 Å². The summed E-state index contributed by atoms with van der Waals surface area (Å²) in [7, 11) is 0. The number of aromatic nitrogens is 2. The number of halogens is 1. The van der Waals surface area contributed by atoms with Gasteiger partial charge in [-0.2, -0.15) is 0 Å². The second-order valence-corrected chi connectivity index (χ2v) is 7.14. The number of rotatable bonds is 5. The Hall–Kier alpha value is -2.54. The highest BCUT2D eigenvalue weighted by Gasteiger charge is 2.24. The molecule has 6 nitrogen and oxygen atoms in total. The van der Waals surface area contributed by atoms with Gasteiger partial charge < -0.3 is 15.3 Å². The lowest BCUT2D eigenvalue weighted by molar-refractivity contribution is 0.188. The van der Waals surface area contributed by atoms with Crippen molar-refractivity contribution in [3.63, 3.8) is 0 Å². The minimum Gasteiger partial charge on any atom is -0.396 e. The largest absolute Gasteiger partial charge is 0.396 e. The molecule has 0 unspecified atom stereocenters. The molecule has 0 saturated heterocycles. The number of benzene rings is 1. The number of amides is 2. The summed E-state index contributed by atoms with van der Waals surface area (Å²) < 4.78 is 13.1. The number of aliphatic hydroxyl groups is 1. The van der Waals surface area contributed by atoms with E-state index in [1.165, 1.54) is 12.1 Å². The summed E-state index contributed by atoms with van der Waals surface area (Å²) in [6.45, 7) is 4.94. The number of carbonyl (C=O) groups is 1. The lowest BCUT2D eigenvalue weighted by Crippen LogP contribution is -2.44. The molecule has 0 saturated carbocycles. The molecule has 144 valence electrons. The zero-order chi connectivity index (χ0) is 19.4. The Bertz CT molecular complexity index is 797. The Kier molecular flexibility index (Phi) is 6.01. The highest BCUT2D eigenvalue weighted by Crippen LogP contribution is 2.19. The molecule has 1 aromatic carbocycles. The van der Waals surface area contributed by atoms with Crippen LogP contribution in [0.15, 0.2) is 30.5 Å². The van der Waals surface area contributed by atoms with E-state index < -0.39 is 0 Å². The molecule has 2 aromatic rings. The summed E-state index contributed by atoms with van der Waals surface area (Å²) in [6, 6.07) is 5.75. The normalized spacial score (nSPS) is 15.8. The van der Waals surface area contributed by atoms with Crippen LogP contribution in [0.1, 0.15) is 42.5 Å². The van der Waals surface area contributed by atoms with Gasteiger partial charge in [0, 0.05) is 25.8 Å². The molecule has 0 fully saturated rings. The van der Waals surface area contributed by atoms with E-state index in [2.05, 4.69) is 15.3 Å². The molecule has 1 aromatic heterocycles. The number of nitrogens with one attached hydrogen (secondary N) is 1. The highest BCUT2D eigenvalue weighted by atomic mass is 19.1. The van der Waals surface area contributed by atoms with E-state index >= 15 is 0 Å². The maximum atomic E-state index is 13.1. The van der Waals surface area contributed by atoms with Crippen molar-refractivity contribution in [1.82, 2.24) is 20.2 Å². The van der Waals surface area contributed by atoms with Gasteiger partial charge in [-0.3, -0.25) is 0 Å². The van der Waals surface area contributed by atoms with E-state index in [9.17, 15) is 14.3 Å². The second kappa shape index (κ2) is 8.43. The zero-order valence-corrected chi connectivity index (χ0v) is 15.7. The molecule has 7 heteroatoms. The maximum absolute atomic E-state index is 13.1. The molecule has 0 aliphatic carbocycles. The zero-order valence-electron chi connectivity index (χ0n) is 15.7. The molecular weight excluding hydrogens is 347 g/mol. The van der Waals surface area contributed by atoms with E-state index in [1.54, 1.807) is 17.0 Å². The predicted octanol–water partition coefficient (Wildman–Crippen LogP) is 2.62. The van der Waals surface area contributed by atoms with Gasteiger partial charge in [0.1, 0.15) is 11.6 Å². The Balaban J connectivity index is 1.64. The summed E-state index contributed by atoms with van der Waals surface area (Å²) >= 11 is 0. The quantitative estimate of drug-likeness (QED) is 0.846. The van der Waals surface area contributed by atoms with Crippen LogP contribution in [0.25, 0.3) is 0 Å².